The van der Waals surface area contributed by atoms with E-state index in [1.165, 1.54) is 38.5 Å². The van der Waals surface area contributed by atoms with Gasteiger partial charge in [0.2, 0.25) is 0 Å². The van der Waals surface area contributed by atoms with Crippen LogP contribution in [0.5, 0.6) is 0 Å². The molecule has 4 aliphatic rings. The third-order valence-electron chi connectivity index (χ3n) is 6.14. The van der Waals surface area contributed by atoms with Gasteiger partial charge in [0.1, 0.15) is 5.69 Å². The summed E-state index contributed by atoms with van der Waals surface area (Å²) in [6.07, 6.45) is 11.7. The van der Waals surface area contributed by atoms with Crippen molar-refractivity contribution in [2.75, 3.05) is 5.32 Å². The van der Waals surface area contributed by atoms with E-state index >= 15 is 0 Å². The van der Waals surface area contributed by atoms with Crippen molar-refractivity contribution in [3.8, 4) is 0 Å². The van der Waals surface area contributed by atoms with Crippen LogP contribution in [0.2, 0.25) is 0 Å². The zero-order chi connectivity index (χ0) is 16.3. The Morgan fingerprint density at radius 1 is 1.25 bits per heavy atom. The number of H-pyrrole nitrogens is 1. The van der Waals surface area contributed by atoms with Crippen LogP contribution in [0.1, 0.15) is 49.0 Å². The van der Waals surface area contributed by atoms with E-state index in [1.807, 2.05) is 6.07 Å². The van der Waals surface area contributed by atoms with Crippen molar-refractivity contribution >= 4 is 34.3 Å². The summed E-state index contributed by atoms with van der Waals surface area (Å²) in [6.45, 7) is 0. The van der Waals surface area contributed by atoms with E-state index < -0.39 is 0 Å². The molecular weight excluding hydrogens is 417 g/mol. The zero-order valence-electron chi connectivity index (χ0n) is 13.3. The molecule has 0 atom stereocenters. The van der Waals surface area contributed by atoms with Gasteiger partial charge in [0.15, 0.2) is 5.82 Å². The molecule has 4 aliphatic carbocycles. The van der Waals surface area contributed by atoms with Crippen LogP contribution in [-0.2, 0) is 5.54 Å². The molecule has 0 saturated heterocycles. The molecule has 4 fully saturated rings. The summed E-state index contributed by atoms with van der Waals surface area (Å²) in [6, 6.07) is 1.92. The smallest absolute Gasteiger partial charge is 0.275 e. The molecule has 24 heavy (non-hydrogen) atoms. The lowest BCUT2D eigenvalue weighted by atomic mass is 9.53. The number of aromatic amines is 1. The van der Waals surface area contributed by atoms with E-state index in [0.717, 1.165) is 21.3 Å². The highest BCUT2D eigenvalue weighted by molar-refractivity contribution is 14.1. The predicted octanol–water partition coefficient (Wildman–Crippen LogP) is 3.39. The van der Waals surface area contributed by atoms with Crippen molar-refractivity contribution in [1.29, 1.82) is 0 Å². The van der Waals surface area contributed by atoms with Gasteiger partial charge >= 0.3 is 0 Å². The number of anilines is 1. The summed E-state index contributed by atoms with van der Waals surface area (Å²) in [5, 5.41) is 14.3. The number of carbonyl (C=O) groups is 1. The fourth-order valence-corrected chi connectivity index (χ4v) is 6.11. The van der Waals surface area contributed by atoms with Gasteiger partial charge in [0.25, 0.3) is 5.91 Å². The Balaban J connectivity index is 1.38. The third kappa shape index (κ3) is 2.31. The molecular formula is C17H20IN5O. The van der Waals surface area contributed by atoms with Gasteiger partial charge in [-0.2, -0.15) is 10.2 Å². The number of aromatic nitrogens is 4. The summed E-state index contributed by atoms with van der Waals surface area (Å²) < 4.78 is 2.97. The van der Waals surface area contributed by atoms with Crippen LogP contribution in [0.4, 0.5) is 5.82 Å². The summed E-state index contributed by atoms with van der Waals surface area (Å²) in [5.74, 6) is 3.08. The van der Waals surface area contributed by atoms with E-state index in [-0.39, 0.29) is 11.4 Å². The van der Waals surface area contributed by atoms with Crippen LogP contribution in [0, 0.1) is 21.3 Å². The van der Waals surface area contributed by atoms with Crippen molar-refractivity contribution in [2.45, 2.75) is 44.1 Å². The van der Waals surface area contributed by atoms with Gasteiger partial charge in [0.05, 0.1) is 15.3 Å². The molecule has 0 unspecified atom stereocenters. The lowest BCUT2D eigenvalue weighted by molar-refractivity contribution is -0.0492. The summed E-state index contributed by atoms with van der Waals surface area (Å²) in [4.78, 5) is 12.3. The van der Waals surface area contributed by atoms with E-state index in [1.54, 1.807) is 6.20 Å². The van der Waals surface area contributed by atoms with Crippen LogP contribution in [0.3, 0.4) is 0 Å². The number of hydrogen-bond donors (Lipinski definition) is 2. The maximum atomic E-state index is 12.3. The summed E-state index contributed by atoms with van der Waals surface area (Å²) in [7, 11) is 0. The summed E-state index contributed by atoms with van der Waals surface area (Å²) >= 11 is 2.10. The Bertz CT molecular complexity index is 759. The monoisotopic (exact) mass is 437 g/mol. The molecule has 0 spiro atoms. The van der Waals surface area contributed by atoms with E-state index in [2.05, 4.69) is 49.0 Å². The molecule has 2 N–H and O–H groups in total. The number of hydrogen-bond acceptors (Lipinski definition) is 3. The highest BCUT2D eigenvalue weighted by Gasteiger charge is 2.52. The molecule has 0 aromatic carbocycles. The number of halogens is 1. The SMILES string of the molecule is O=C(Nc1ccn(C23CC4CC(CC(C4)C2)C3)n1)c1[nH]ncc1I. The van der Waals surface area contributed by atoms with Gasteiger partial charge in [-0.3, -0.25) is 14.6 Å². The number of nitrogens with zero attached hydrogens (tertiary/aromatic N) is 3. The van der Waals surface area contributed by atoms with Crippen molar-refractivity contribution in [3.05, 3.63) is 27.7 Å². The molecule has 7 heteroatoms. The van der Waals surface area contributed by atoms with Gasteiger partial charge in [-0.25, -0.2) is 0 Å². The fraction of sp³-hybridized carbons (Fsp3) is 0.588. The van der Waals surface area contributed by atoms with Crippen molar-refractivity contribution in [1.82, 2.24) is 20.0 Å². The van der Waals surface area contributed by atoms with Gasteiger partial charge in [-0.1, -0.05) is 0 Å². The first-order valence-electron chi connectivity index (χ1n) is 8.68. The normalized spacial score (nSPS) is 33.8. The molecule has 126 valence electrons. The lowest BCUT2D eigenvalue weighted by Crippen LogP contribution is -2.52. The van der Waals surface area contributed by atoms with Gasteiger partial charge in [-0.05, 0) is 78.9 Å². The molecule has 0 aliphatic heterocycles. The molecule has 0 radical (unpaired) electrons. The van der Waals surface area contributed by atoms with Gasteiger partial charge in [0, 0.05) is 12.3 Å². The second kappa shape index (κ2) is 5.31. The lowest BCUT2D eigenvalue weighted by Gasteiger charge is -2.56. The second-order valence-corrected chi connectivity index (χ2v) is 9.00. The first kappa shape index (κ1) is 14.9. The Labute approximate surface area is 153 Å². The molecule has 4 bridgehead atoms. The number of carbonyl (C=O) groups excluding carboxylic acids is 1. The highest BCUT2D eigenvalue weighted by Crippen LogP contribution is 2.58. The Kier molecular flexibility index (Phi) is 3.30. The third-order valence-corrected chi connectivity index (χ3v) is 6.96. The van der Waals surface area contributed by atoms with E-state index in [0.29, 0.717) is 11.5 Å². The molecule has 6 nitrogen and oxygen atoms in total. The van der Waals surface area contributed by atoms with Crippen molar-refractivity contribution in [3.63, 3.8) is 0 Å². The molecule has 1 amide bonds. The van der Waals surface area contributed by atoms with Crippen LogP contribution in [-0.4, -0.2) is 25.9 Å². The minimum Gasteiger partial charge on any atom is -0.304 e. The van der Waals surface area contributed by atoms with Gasteiger partial charge < -0.3 is 5.32 Å². The first-order chi connectivity index (χ1) is 11.6. The van der Waals surface area contributed by atoms with Crippen molar-refractivity contribution in [2.24, 2.45) is 17.8 Å². The van der Waals surface area contributed by atoms with Crippen LogP contribution < -0.4 is 5.32 Å². The van der Waals surface area contributed by atoms with Crippen molar-refractivity contribution < 1.29 is 4.79 Å². The molecule has 4 saturated carbocycles. The minimum atomic E-state index is -0.187. The first-order valence-corrected chi connectivity index (χ1v) is 9.75. The van der Waals surface area contributed by atoms with E-state index in [9.17, 15) is 4.79 Å². The average molecular weight is 437 g/mol. The number of nitrogens with one attached hydrogen (secondary N) is 2. The quantitative estimate of drug-likeness (QED) is 0.723. The molecule has 2 aromatic rings. The van der Waals surface area contributed by atoms with E-state index in [4.69, 9.17) is 5.10 Å². The number of rotatable bonds is 3. The van der Waals surface area contributed by atoms with Crippen LogP contribution in [0.15, 0.2) is 18.5 Å². The Morgan fingerprint density at radius 2 is 1.92 bits per heavy atom. The average Bonchev–Trinajstić information content (AvgIpc) is 3.15. The fourth-order valence-electron chi connectivity index (χ4n) is 5.61. The standard InChI is InChI=1S/C17H20IN5O/c18-13-9-19-21-15(13)16(24)20-14-1-2-23(22-14)17-6-10-3-11(7-17)5-12(4-10)8-17/h1-2,9-12H,3-8H2,(H,19,21)(H,20,22,24). The largest absolute Gasteiger partial charge is 0.304 e. The summed E-state index contributed by atoms with van der Waals surface area (Å²) in [5.41, 5.74) is 0.681. The van der Waals surface area contributed by atoms with Crippen LogP contribution in [0.25, 0.3) is 0 Å². The molecule has 6 rings (SSSR count). The maximum Gasteiger partial charge on any atom is 0.275 e. The minimum absolute atomic E-state index is 0.187. The molecule has 2 aromatic heterocycles. The molecule has 2 heterocycles. The predicted molar refractivity (Wildman–Crippen MR) is 97.6 cm³/mol. The topological polar surface area (TPSA) is 75.6 Å². The maximum absolute atomic E-state index is 12.3. The second-order valence-electron chi connectivity index (χ2n) is 7.83. The Hall–Kier alpha value is -1.38. The van der Waals surface area contributed by atoms with Crippen LogP contribution >= 0.6 is 22.6 Å². The zero-order valence-corrected chi connectivity index (χ0v) is 15.5. The van der Waals surface area contributed by atoms with Gasteiger partial charge in [-0.15, -0.1) is 0 Å². The Morgan fingerprint density at radius 3 is 2.50 bits per heavy atom. The number of amides is 1. The highest BCUT2D eigenvalue weighted by atomic mass is 127.